The van der Waals surface area contributed by atoms with Gasteiger partial charge in [0.05, 0.1) is 0 Å². The number of carbonyl (C=O) groups is 1. The van der Waals surface area contributed by atoms with Crippen LogP contribution in [0.4, 0.5) is 11.4 Å². The Hall–Kier alpha value is -2.92. The topological polar surface area (TPSA) is 44.4 Å². The Kier molecular flexibility index (Phi) is 5.76. The molecule has 3 aromatic carbocycles. The molecule has 29 heavy (non-hydrogen) atoms. The van der Waals surface area contributed by atoms with Crippen molar-refractivity contribution in [3.05, 3.63) is 72.3 Å². The zero-order valence-electron chi connectivity index (χ0n) is 16.5. The Bertz CT molecular complexity index is 1030. The lowest BCUT2D eigenvalue weighted by atomic mass is 10.0. The molecule has 3 aromatic rings. The fourth-order valence-corrected chi connectivity index (χ4v) is 4.18. The van der Waals surface area contributed by atoms with E-state index in [9.17, 15) is 4.79 Å². The van der Waals surface area contributed by atoms with Crippen LogP contribution in [0.1, 0.15) is 36.5 Å². The predicted molar refractivity (Wildman–Crippen MR) is 125 cm³/mol. The summed E-state index contributed by atoms with van der Waals surface area (Å²) < 4.78 is 0. The molecule has 1 aliphatic rings. The first-order valence-corrected chi connectivity index (χ1v) is 10.5. The summed E-state index contributed by atoms with van der Waals surface area (Å²) in [5.74, 6) is -0.210. The minimum atomic E-state index is -0.210. The number of hydrogen-bond acceptors (Lipinski definition) is 3. The number of hydrogen-bond donors (Lipinski definition) is 2. The normalized spacial score (nSPS) is 16.4. The fourth-order valence-electron chi connectivity index (χ4n) is 3.97. The molecule has 0 unspecified atom stereocenters. The molecule has 148 valence electrons. The molecule has 0 saturated carbocycles. The SMILES string of the molecule is C[C@H]1CCCCN1c1ccc(NC(=S)NC(=O)c2cccc3ccccc23)cc1. The van der Waals surface area contributed by atoms with Gasteiger partial charge in [-0.25, -0.2) is 0 Å². The van der Waals surface area contributed by atoms with E-state index < -0.39 is 0 Å². The van der Waals surface area contributed by atoms with Crippen LogP contribution >= 0.6 is 12.2 Å². The Balaban J connectivity index is 1.41. The van der Waals surface area contributed by atoms with E-state index >= 15 is 0 Å². The highest BCUT2D eigenvalue weighted by atomic mass is 32.1. The van der Waals surface area contributed by atoms with Crippen molar-refractivity contribution in [3.8, 4) is 0 Å². The van der Waals surface area contributed by atoms with Crippen molar-refractivity contribution in [1.82, 2.24) is 5.32 Å². The van der Waals surface area contributed by atoms with Crippen molar-refractivity contribution in [2.75, 3.05) is 16.8 Å². The fraction of sp³-hybridized carbons (Fsp3) is 0.250. The van der Waals surface area contributed by atoms with Gasteiger partial charge in [-0.2, -0.15) is 0 Å². The van der Waals surface area contributed by atoms with Crippen molar-refractivity contribution in [1.29, 1.82) is 0 Å². The highest BCUT2D eigenvalue weighted by molar-refractivity contribution is 7.80. The quantitative estimate of drug-likeness (QED) is 0.579. The van der Waals surface area contributed by atoms with Crippen LogP contribution in [0.2, 0.25) is 0 Å². The van der Waals surface area contributed by atoms with E-state index in [2.05, 4.69) is 34.6 Å². The number of benzene rings is 3. The van der Waals surface area contributed by atoms with E-state index in [0.717, 1.165) is 23.0 Å². The van der Waals surface area contributed by atoms with Gasteiger partial charge in [0.15, 0.2) is 5.11 Å². The maximum atomic E-state index is 12.7. The Labute approximate surface area is 176 Å². The lowest BCUT2D eigenvalue weighted by Crippen LogP contribution is -2.37. The van der Waals surface area contributed by atoms with Crippen molar-refractivity contribution < 1.29 is 4.79 Å². The van der Waals surface area contributed by atoms with Crippen LogP contribution in [0, 0.1) is 0 Å². The molecule has 5 heteroatoms. The molecule has 0 bridgehead atoms. The zero-order chi connectivity index (χ0) is 20.2. The smallest absolute Gasteiger partial charge is 0.258 e. The van der Waals surface area contributed by atoms with Gasteiger partial charge in [0.25, 0.3) is 5.91 Å². The number of amides is 1. The first-order valence-electron chi connectivity index (χ1n) is 10.1. The first-order chi connectivity index (χ1) is 14.1. The maximum Gasteiger partial charge on any atom is 0.258 e. The Morgan fingerprint density at radius 1 is 1.00 bits per heavy atom. The van der Waals surface area contributed by atoms with Gasteiger partial charge in [-0.05, 0) is 79.5 Å². The highest BCUT2D eigenvalue weighted by Crippen LogP contribution is 2.26. The Morgan fingerprint density at radius 2 is 1.76 bits per heavy atom. The van der Waals surface area contributed by atoms with Crippen LogP contribution < -0.4 is 15.5 Å². The molecule has 1 aliphatic heterocycles. The van der Waals surface area contributed by atoms with E-state index in [1.54, 1.807) is 0 Å². The van der Waals surface area contributed by atoms with Crippen LogP contribution in [0.25, 0.3) is 10.8 Å². The predicted octanol–water partition coefficient (Wildman–Crippen LogP) is 5.35. The van der Waals surface area contributed by atoms with Crippen molar-refractivity contribution in [2.24, 2.45) is 0 Å². The number of nitrogens with one attached hydrogen (secondary N) is 2. The molecule has 4 nitrogen and oxygen atoms in total. The maximum absolute atomic E-state index is 12.7. The molecular formula is C24H25N3OS. The summed E-state index contributed by atoms with van der Waals surface area (Å²) in [5, 5.41) is 8.14. The number of anilines is 2. The van der Waals surface area contributed by atoms with Gasteiger partial charge in [-0.3, -0.25) is 10.1 Å². The minimum Gasteiger partial charge on any atom is -0.369 e. The summed E-state index contributed by atoms with van der Waals surface area (Å²) in [7, 11) is 0. The van der Waals surface area contributed by atoms with E-state index in [-0.39, 0.29) is 5.91 Å². The van der Waals surface area contributed by atoms with Gasteiger partial charge in [-0.15, -0.1) is 0 Å². The van der Waals surface area contributed by atoms with Crippen LogP contribution in [0.3, 0.4) is 0 Å². The van der Waals surface area contributed by atoms with E-state index in [1.807, 2.05) is 54.6 Å². The number of piperidine rings is 1. The van der Waals surface area contributed by atoms with Gasteiger partial charge in [0.2, 0.25) is 0 Å². The second-order valence-corrected chi connectivity index (χ2v) is 7.93. The van der Waals surface area contributed by atoms with Gasteiger partial charge < -0.3 is 10.2 Å². The average Bonchev–Trinajstić information content (AvgIpc) is 2.74. The lowest BCUT2D eigenvalue weighted by Gasteiger charge is -2.35. The summed E-state index contributed by atoms with van der Waals surface area (Å²) in [6, 6.07) is 22.3. The van der Waals surface area contributed by atoms with Gasteiger partial charge in [0, 0.05) is 29.5 Å². The molecule has 1 amide bonds. The summed E-state index contributed by atoms with van der Waals surface area (Å²) >= 11 is 5.36. The molecule has 1 fully saturated rings. The van der Waals surface area contributed by atoms with Crippen LogP contribution in [0.5, 0.6) is 0 Å². The number of rotatable bonds is 3. The molecule has 2 N–H and O–H groups in total. The Morgan fingerprint density at radius 3 is 2.55 bits per heavy atom. The number of thiocarbonyl (C=S) groups is 1. The molecule has 1 heterocycles. The lowest BCUT2D eigenvalue weighted by molar-refractivity contribution is 0.0979. The molecule has 0 spiro atoms. The monoisotopic (exact) mass is 403 g/mol. The molecule has 0 aliphatic carbocycles. The second-order valence-electron chi connectivity index (χ2n) is 7.52. The summed E-state index contributed by atoms with van der Waals surface area (Å²) in [5.41, 5.74) is 2.71. The first kappa shape index (κ1) is 19.4. The summed E-state index contributed by atoms with van der Waals surface area (Å²) in [4.78, 5) is 15.2. The second kappa shape index (κ2) is 8.62. The zero-order valence-corrected chi connectivity index (χ0v) is 17.3. The van der Waals surface area contributed by atoms with E-state index in [0.29, 0.717) is 16.7 Å². The highest BCUT2D eigenvalue weighted by Gasteiger charge is 2.18. The number of fused-ring (bicyclic) bond motifs is 1. The van der Waals surface area contributed by atoms with Crippen molar-refractivity contribution in [3.63, 3.8) is 0 Å². The van der Waals surface area contributed by atoms with Crippen LogP contribution in [0.15, 0.2) is 66.7 Å². The largest absolute Gasteiger partial charge is 0.369 e. The van der Waals surface area contributed by atoms with Gasteiger partial charge in [0.1, 0.15) is 0 Å². The van der Waals surface area contributed by atoms with Crippen LogP contribution in [-0.2, 0) is 0 Å². The minimum absolute atomic E-state index is 0.210. The molecule has 1 atom stereocenters. The van der Waals surface area contributed by atoms with Gasteiger partial charge >= 0.3 is 0 Å². The average molecular weight is 404 g/mol. The number of nitrogens with zero attached hydrogens (tertiary/aromatic N) is 1. The summed E-state index contributed by atoms with van der Waals surface area (Å²) in [6.07, 6.45) is 3.79. The third kappa shape index (κ3) is 4.40. The standard InChI is InChI=1S/C24H25N3OS/c1-17-7-4-5-16-27(17)20-14-12-19(13-15-20)25-24(29)26-23(28)22-11-6-9-18-8-2-3-10-21(18)22/h2-3,6,8-15,17H,4-5,7,16H2,1H3,(H2,25,26,28,29)/t17-/m0/s1. The molecule has 4 rings (SSSR count). The third-order valence-corrected chi connectivity index (χ3v) is 5.73. The summed E-state index contributed by atoms with van der Waals surface area (Å²) in [6.45, 7) is 3.39. The van der Waals surface area contributed by atoms with E-state index in [1.165, 1.54) is 24.9 Å². The van der Waals surface area contributed by atoms with Crippen LogP contribution in [-0.4, -0.2) is 23.6 Å². The van der Waals surface area contributed by atoms with Gasteiger partial charge in [-0.1, -0.05) is 36.4 Å². The van der Waals surface area contributed by atoms with Crippen molar-refractivity contribution in [2.45, 2.75) is 32.2 Å². The van der Waals surface area contributed by atoms with Crippen molar-refractivity contribution >= 4 is 45.4 Å². The molecule has 1 saturated heterocycles. The number of carbonyl (C=O) groups excluding carboxylic acids is 1. The molecule has 0 aromatic heterocycles. The molecular weight excluding hydrogens is 378 g/mol. The third-order valence-electron chi connectivity index (χ3n) is 5.52. The van der Waals surface area contributed by atoms with E-state index in [4.69, 9.17) is 12.2 Å². The molecule has 0 radical (unpaired) electrons.